The maximum atomic E-state index is 13.9. The fraction of sp³-hybridized carbons (Fsp3) is 0.357. The first kappa shape index (κ1) is 10.5. The molecule has 3 rings (SSSR count). The SMILES string of the molecule is CC1(C)CC(c2ccccc2F)c2cn[nH]c21. The summed E-state index contributed by atoms with van der Waals surface area (Å²) in [6, 6.07) is 7.03. The van der Waals surface area contributed by atoms with E-state index in [1.807, 2.05) is 18.3 Å². The molecule has 3 heteroatoms. The molecule has 1 aliphatic rings. The van der Waals surface area contributed by atoms with E-state index >= 15 is 0 Å². The first-order chi connectivity index (χ1) is 8.09. The Morgan fingerprint density at radius 3 is 2.82 bits per heavy atom. The second-order valence-corrected chi connectivity index (χ2v) is 5.36. The largest absolute Gasteiger partial charge is 0.282 e. The van der Waals surface area contributed by atoms with Crippen molar-refractivity contribution in [3.8, 4) is 0 Å². The van der Waals surface area contributed by atoms with Gasteiger partial charge in [0.2, 0.25) is 0 Å². The lowest BCUT2D eigenvalue weighted by Gasteiger charge is -2.18. The van der Waals surface area contributed by atoms with Gasteiger partial charge in [-0.1, -0.05) is 32.0 Å². The Kier molecular flexibility index (Phi) is 2.12. The van der Waals surface area contributed by atoms with Crippen LogP contribution in [-0.2, 0) is 5.41 Å². The molecule has 0 bridgehead atoms. The lowest BCUT2D eigenvalue weighted by molar-refractivity contribution is 0.475. The molecule has 1 unspecified atom stereocenters. The van der Waals surface area contributed by atoms with E-state index in [1.165, 1.54) is 6.07 Å². The Bertz CT molecular complexity index is 557. The van der Waals surface area contributed by atoms with Crippen LogP contribution in [0.1, 0.15) is 43.0 Å². The highest BCUT2D eigenvalue weighted by Crippen LogP contribution is 2.47. The van der Waals surface area contributed by atoms with Gasteiger partial charge in [0.15, 0.2) is 0 Å². The van der Waals surface area contributed by atoms with Gasteiger partial charge in [0.05, 0.1) is 6.20 Å². The third-order valence-corrected chi connectivity index (χ3v) is 3.72. The summed E-state index contributed by atoms with van der Waals surface area (Å²) < 4.78 is 13.9. The Morgan fingerprint density at radius 1 is 1.29 bits per heavy atom. The molecule has 2 nitrogen and oxygen atoms in total. The van der Waals surface area contributed by atoms with Crippen molar-refractivity contribution in [3.63, 3.8) is 0 Å². The number of aromatic nitrogens is 2. The summed E-state index contributed by atoms with van der Waals surface area (Å²) >= 11 is 0. The number of nitrogens with zero attached hydrogens (tertiary/aromatic N) is 1. The molecule has 1 aliphatic carbocycles. The van der Waals surface area contributed by atoms with E-state index in [0.717, 1.165) is 23.2 Å². The quantitative estimate of drug-likeness (QED) is 0.799. The van der Waals surface area contributed by atoms with Gasteiger partial charge >= 0.3 is 0 Å². The molecule has 0 radical (unpaired) electrons. The summed E-state index contributed by atoms with van der Waals surface area (Å²) in [4.78, 5) is 0. The monoisotopic (exact) mass is 230 g/mol. The van der Waals surface area contributed by atoms with Crippen LogP contribution >= 0.6 is 0 Å². The highest BCUT2D eigenvalue weighted by atomic mass is 19.1. The summed E-state index contributed by atoms with van der Waals surface area (Å²) in [7, 11) is 0. The molecule has 17 heavy (non-hydrogen) atoms. The van der Waals surface area contributed by atoms with Crippen LogP contribution in [0, 0.1) is 5.82 Å². The summed E-state index contributed by atoms with van der Waals surface area (Å²) in [5, 5.41) is 7.15. The number of benzene rings is 1. The molecule has 0 saturated carbocycles. The Hall–Kier alpha value is -1.64. The van der Waals surface area contributed by atoms with Gasteiger partial charge < -0.3 is 0 Å². The van der Waals surface area contributed by atoms with Crippen LogP contribution < -0.4 is 0 Å². The number of aromatic amines is 1. The van der Waals surface area contributed by atoms with E-state index in [0.29, 0.717) is 0 Å². The molecular formula is C14H15FN2. The zero-order valence-electron chi connectivity index (χ0n) is 10.00. The average molecular weight is 230 g/mol. The van der Waals surface area contributed by atoms with Gasteiger partial charge in [-0.15, -0.1) is 0 Å². The van der Waals surface area contributed by atoms with E-state index in [9.17, 15) is 4.39 Å². The highest BCUT2D eigenvalue weighted by molar-refractivity contribution is 5.42. The van der Waals surface area contributed by atoms with Crippen molar-refractivity contribution >= 4 is 0 Å². The number of H-pyrrole nitrogens is 1. The van der Waals surface area contributed by atoms with Gasteiger partial charge in [0.1, 0.15) is 5.82 Å². The minimum absolute atomic E-state index is 0.0405. The van der Waals surface area contributed by atoms with Gasteiger partial charge in [-0.3, -0.25) is 5.10 Å². The van der Waals surface area contributed by atoms with E-state index in [2.05, 4.69) is 24.0 Å². The Labute approximate surface area is 99.9 Å². The molecule has 0 amide bonds. The number of hydrogen-bond donors (Lipinski definition) is 1. The highest BCUT2D eigenvalue weighted by Gasteiger charge is 2.40. The molecule has 88 valence electrons. The topological polar surface area (TPSA) is 28.7 Å². The van der Waals surface area contributed by atoms with Crippen LogP contribution in [0.15, 0.2) is 30.5 Å². The second-order valence-electron chi connectivity index (χ2n) is 5.36. The lowest BCUT2D eigenvalue weighted by Crippen LogP contribution is -2.14. The molecule has 1 aromatic carbocycles. The number of fused-ring (bicyclic) bond motifs is 1. The molecule has 0 saturated heterocycles. The predicted molar refractivity (Wildman–Crippen MR) is 64.5 cm³/mol. The number of halogens is 1. The van der Waals surface area contributed by atoms with Gasteiger partial charge in [0.25, 0.3) is 0 Å². The van der Waals surface area contributed by atoms with Crippen molar-refractivity contribution in [3.05, 3.63) is 53.1 Å². The fourth-order valence-corrected chi connectivity index (χ4v) is 2.86. The van der Waals surface area contributed by atoms with Gasteiger partial charge in [-0.25, -0.2) is 4.39 Å². The van der Waals surface area contributed by atoms with Crippen LogP contribution in [0.3, 0.4) is 0 Å². The molecule has 0 fully saturated rings. The van der Waals surface area contributed by atoms with Crippen LogP contribution in [0.2, 0.25) is 0 Å². The molecule has 0 spiro atoms. The zero-order chi connectivity index (χ0) is 12.0. The summed E-state index contributed by atoms with van der Waals surface area (Å²) in [5.74, 6) is 0.00213. The minimum atomic E-state index is -0.123. The molecule has 0 aliphatic heterocycles. The predicted octanol–water partition coefficient (Wildman–Crippen LogP) is 3.36. The zero-order valence-corrected chi connectivity index (χ0v) is 10.00. The van der Waals surface area contributed by atoms with E-state index in [1.54, 1.807) is 6.07 Å². The smallest absolute Gasteiger partial charge is 0.127 e. The molecule has 2 aromatic rings. The molecule has 1 aromatic heterocycles. The molecule has 1 heterocycles. The molecule has 1 N–H and O–H groups in total. The maximum absolute atomic E-state index is 13.9. The van der Waals surface area contributed by atoms with Crippen LogP contribution in [0.25, 0.3) is 0 Å². The maximum Gasteiger partial charge on any atom is 0.127 e. The summed E-state index contributed by atoms with van der Waals surface area (Å²) in [5.41, 5.74) is 3.10. The lowest BCUT2D eigenvalue weighted by atomic mass is 9.86. The van der Waals surface area contributed by atoms with Crippen LogP contribution in [0.5, 0.6) is 0 Å². The first-order valence-electron chi connectivity index (χ1n) is 5.88. The third kappa shape index (κ3) is 1.49. The van der Waals surface area contributed by atoms with Gasteiger partial charge in [-0.05, 0) is 18.1 Å². The van der Waals surface area contributed by atoms with E-state index < -0.39 is 0 Å². The number of hydrogen-bond acceptors (Lipinski definition) is 1. The third-order valence-electron chi connectivity index (χ3n) is 3.72. The Morgan fingerprint density at radius 2 is 2.06 bits per heavy atom. The fourth-order valence-electron chi connectivity index (χ4n) is 2.86. The average Bonchev–Trinajstić information content (AvgIpc) is 2.83. The first-order valence-corrected chi connectivity index (χ1v) is 5.88. The van der Waals surface area contributed by atoms with Gasteiger partial charge in [-0.2, -0.15) is 5.10 Å². The number of nitrogens with one attached hydrogen (secondary N) is 1. The normalized spacial score (nSPS) is 21.5. The van der Waals surface area contributed by atoms with Crippen LogP contribution in [0.4, 0.5) is 4.39 Å². The molecular weight excluding hydrogens is 215 g/mol. The summed E-state index contributed by atoms with van der Waals surface area (Å²) in [6.45, 7) is 4.34. The van der Waals surface area contributed by atoms with Crippen molar-refractivity contribution in [2.45, 2.75) is 31.6 Å². The van der Waals surface area contributed by atoms with Crippen molar-refractivity contribution in [1.29, 1.82) is 0 Å². The van der Waals surface area contributed by atoms with Crippen molar-refractivity contribution in [2.24, 2.45) is 0 Å². The standard InChI is InChI=1S/C14H15FN2/c1-14(2)7-10(11-8-16-17-13(11)14)9-5-3-4-6-12(9)15/h3-6,8,10H,7H2,1-2H3,(H,16,17). The van der Waals surface area contributed by atoms with Crippen LogP contribution in [-0.4, -0.2) is 10.2 Å². The minimum Gasteiger partial charge on any atom is -0.282 e. The van der Waals surface area contributed by atoms with Crippen molar-refractivity contribution < 1.29 is 4.39 Å². The number of rotatable bonds is 1. The van der Waals surface area contributed by atoms with E-state index in [-0.39, 0.29) is 17.2 Å². The summed E-state index contributed by atoms with van der Waals surface area (Å²) in [6.07, 6.45) is 2.76. The Balaban J connectivity index is 2.12. The van der Waals surface area contributed by atoms with E-state index in [4.69, 9.17) is 0 Å². The second kappa shape index (κ2) is 3.42. The van der Waals surface area contributed by atoms with Crippen molar-refractivity contribution in [2.75, 3.05) is 0 Å². The van der Waals surface area contributed by atoms with Crippen molar-refractivity contribution in [1.82, 2.24) is 10.2 Å². The molecule has 1 atom stereocenters. The van der Waals surface area contributed by atoms with Gasteiger partial charge in [0, 0.05) is 22.6 Å².